The van der Waals surface area contributed by atoms with Crippen LogP contribution in [0.2, 0.25) is 0 Å². The van der Waals surface area contributed by atoms with Gasteiger partial charge in [0.25, 0.3) is 0 Å². The highest BCUT2D eigenvalue weighted by Gasteiger charge is 2.08. The molecule has 0 aromatic heterocycles. The standard InChI is InChI=1S/C9H10N2OS/c1-2-11-13(12)9-5-3-8(7-10)4-6-9/h3-6,11H,2H2,1H3. The van der Waals surface area contributed by atoms with Gasteiger partial charge in [-0.25, -0.2) is 0 Å². The highest BCUT2D eigenvalue weighted by atomic mass is 32.2. The first-order valence-electron chi connectivity index (χ1n) is 3.93. The second kappa shape index (κ2) is 4.87. The maximum Gasteiger partial charge on any atom is 0.173 e. The Kier molecular flexibility index (Phi) is 3.77. The van der Waals surface area contributed by atoms with Gasteiger partial charge in [-0.15, -0.1) is 4.72 Å². The van der Waals surface area contributed by atoms with Crippen molar-refractivity contribution >= 4 is 11.4 Å². The van der Waals surface area contributed by atoms with Crippen LogP contribution in [-0.2, 0) is 11.4 Å². The van der Waals surface area contributed by atoms with E-state index in [1.807, 2.05) is 13.0 Å². The molecule has 0 aliphatic carbocycles. The average Bonchev–Trinajstić information content (AvgIpc) is 2.18. The van der Waals surface area contributed by atoms with Crippen LogP contribution in [0.15, 0.2) is 29.2 Å². The smallest absolute Gasteiger partial charge is 0.173 e. The van der Waals surface area contributed by atoms with Crippen LogP contribution in [0.5, 0.6) is 0 Å². The molecule has 3 nitrogen and oxygen atoms in total. The maximum atomic E-state index is 11.4. The van der Waals surface area contributed by atoms with Gasteiger partial charge in [0.05, 0.1) is 23.0 Å². The molecule has 1 atom stereocenters. The zero-order valence-electron chi connectivity index (χ0n) is 7.28. The second-order valence-electron chi connectivity index (χ2n) is 2.40. The fraction of sp³-hybridized carbons (Fsp3) is 0.222. The summed E-state index contributed by atoms with van der Waals surface area (Å²) < 4.78 is 14.1. The minimum absolute atomic E-state index is 0.581. The number of benzene rings is 1. The minimum atomic E-state index is -1.15. The molecule has 0 saturated heterocycles. The summed E-state index contributed by atoms with van der Waals surface area (Å²) in [5, 5.41) is 8.53. The Hall–Kier alpha value is -1.02. The van der Waals surface area contributed by atoms with Gasteiger partial charge in [0, 0.05) is 6.54 Å². The van der Waals surface area contributed by atoms with Gasteiger partial charge in [0.1, 0.15) is 0 Å². The predicted molar refractivity (Wildman–Crippen MR) is 51.2 cm³/mol. The number of hydrogen-bond donors (Lipinski definition) is 1. The van der Waals surface area contributed by atoms with Crippen molar-refractivity contribution in [3.05, 3.63) is 29.8 Å². The number of nitrogens with one attached hydrogen (secondary N) is 1. The molecule has 0 radical (unpaired) electrons. The Morgan fingerprint density at radius 3 is 2.54 bits per heavy atom. The lowest BCUT2D eigenvalue weighted by atomic mass is 10.2. The highest BCUT2D eigenvalue weighted by Crippen LogP contribution is 2.09. The topological polar surface area (TPSA) is 58.9 Å². The van der Waals surface area contributed by atoms with Crippen molar-refractivity contribution in [3.8, 4) is 6.07 Å². The molecule has 0 spiro atoms. The van der Waals surface area contributed by atoms with E-state index in [9.17, 15) is 4.55 Å². The van der Waals surface area contributed by atoms with Crippen LogP contribution in [0.25, 0.3) is 0 Å². The van der Waals surface area contributed by atoms with Crippen molar-refractivity contribution in [2.75, 3.05) is 6.54 Å². The first-order valence-corrected chi connectivity index (χ1v) is 5.08. The van der Waals surface area contributed by atoms with E-state index in [-0.39, 0.29) is 0 Å². The molecule has 0 bridgehead atoms. The Labute approximate surface area is 80.7 Å². The molecule has 13 heavy (non-hydrogen) atoms. The van der Waals surface area contributed by atoms with Crippen molar-refractivity contribution in [3.63, 3.8) is 0 Å². The van der Waals surface area contributed by atoms with E-state index >= 15 is 0 Å². The summed E-state index contributed by atoms with van der Waals surface area (Å²) in [4.78, 5) is 0.695. The molecule has 0 saturated carbocycles. The lowest BCUT2D eigenvalue weighted by Crippen LogP contribution is -2.22. The number of hydrogen-bond acceptors (Lipinski definition) is 3. The van der Waals surface area contributed by atoms with Gasteiger partial charge in [0.2, 0.25) is 0 Å². The van der Waals surface area contributed by atoms with Gasteiger partial charge in [-0.05, 0) is 31.2 Å². The zero-order valence-corrected chi connectivity index (χ0v) is 8.10. The molecule has 0 heterocycles. The van der Waals surface area contributed by atoms with E-state index in [0.29, 0.717) is 17.0 Å². The predicted octanol–water partition coefficient (Wildman–Crippen LogP) is 1.19. The fourth-order valence-corrected chi connectivity index (χ4v) is 1.68. The molecule has 68 valence electrons. The molecule has 0 aliphatic rings. The molecule has 1 aromatic rings. The third-order valence-corrected chi connectivity index (χ3v) is 2.72. The monoisotopic (exact) mass is 194 g/mol. The van der Waals surface area contributed by atoms with Crippen LogP contribution in [-0.4, -0.2) is 11.1 Å². The third kappa shape index (κ3) is 2.74. The lowest BCUT2D eigenvalue weighted by molar-refractivity contribution is 0.583. The SMILES string of the molecule is CCN[S+]([O-])c1ccc(C#N)cc1. The molecule has 1 rings (SSSR count). The molecule has 1 unspecified atom stereocenters. The van der Waals surface area contributed by atoms with Gasteiger partial charge in [0.15, 0.2) is 4.90 Å². The van der Waals surface area contributed by atoms with Crippen molar-refractivity contribution in [1.82, 2.24) is 4.72 Å². The number of nitrogens with zero attached hydrogens (tertiary/aromatic N) is 1. The largest absolute Gasteiger partial charge is 0.593 e. The minimum Gasteiger partial charge on any atom is -0.593 e. The Balaban J connectivity index is 2.75. The molecular weight excluding hydrogens is 184 g/mol. The van der Waals surface area contributed by atoms with E-state index in [0.717, 1.165) is 0 Å². The summed E-state index contributed by atoms with van der Waals surface area (Å²) in [5.74, 6) is 0. The van der Waals surface area contributed by atoms with Crippen LogP contribution in [0, 0.1) is 11.3 Å². The van der Waals surface area contributed by atoms with E-state index in [1.165, 1.54) is 0 Å². The van der Waals surface area contributed by atoms with E-state index in [1.54, 1.807) is 24.3 Å². The van der Waals surface area contributed by atoms with Crippen molar-refractivity contribution < 1.29 is 4.55 Å². The molecule has 1 aromatic carbocycles. The summed E-state index contributed by atoms with van der Waals surface area (Å²) in [6, 6.07) is 8.70. The first-order chi connectivity index (χ1) is 6.27. The average molecular weight is 194 g/mol. The van der Waals surface area contributed by atoms with E-state index in [2.05, 4.69) is 4.72 Å². The van der Waals surface area contributed by atoms with Gasteiger partial charge in [-0.3, -0.25) is 0 Å². The Morgan fingerprint density at radius 2 is 2.08 bits per heavy atom. The van der Waals surface area contributed by atoms with E-state index in [4.69, 9.17) is 5.26 Å². The normalized spacial score (nSPS) is 12.1. The Bertz CT molecular complexity index is 304. The maximum absolute atomic E-state index is 11.4. The number of nitriles is 1. The highest BCUT2D eigenvalue weighted by molar-refractivity contribution is 7.89. The summed E-state index contributed by atoms with van der Waals surface area (Å²) in [5.41, 5.74) is 0.581. The van der Waals surface area contributed by atoms with Gasteiger partial charge in [-0.1, -0.05) is 0 Å². The van der Waals surface area contributed by atoms with Crippen molar-refractivity contribution in [2.24, 2.45) is 0 Å². The quantitative estimate of drug-likeness (QED) is 0.735. The van der Waals surface area contributed by atoms with Gasteiger partial charge >= 0.3 is 0 Å². The van der Waals surface area contributed by atoms with Crippen LogP contribution in [0.4, 0.5) is 0 Å². The fourth-order valence-electron chi connectivity index (χ4n) is 0.867. The molecule has 0 aliphatic heterocycles. The third-order valence-electron chi connectivity index (χ3n) is 1.47. The van der Waals surface area contributed by atoms with Crippen LogP contribution in [0.1, 0.15) is 12.5 Å². The van der Waals surface area contributed by atoms with Crippen molar-refractivity contribution in [2.45, 2.75) is 11.8 Å². The van der Waals surface area contributed by atoms with Gasteiger partial charge in [-0.2, -0.15) is 5.26 Å². The molecule has 1 N–H and O–H groups in total. The zero-order chi connectivity index (χ0) is 9.68. The molecule has 0 amide bonds. The van der Waals surface area contributed by atoms with Crippen LogP contribution < -0.4 is 4.72 Å². The summed E-state index contributed by atoms with van der Waals surface area (Å²) in [6.45, 7) is 2.55. The summed E-state index contributed by atoms with van der Waals surface area (Å²) in [7, 11) is 0. The Morgan fingerprint density at radius 1 is 1.46 bits per heavy atom. The summed E-state index contributed by atoms with van der Waals surface area (Å²) in [6.07, 6.45) is 0. The second-order valence-corrected chi connectivity index (χ2v) is 3.70. The van der Waals surface area contributed by atoms with Crippen LogP contribution in [0.3, 0.4) is 0 Å². The first kappa shape index (κ1) is 10.1. The number of rotatable bonds is 3. The molecule has 4 heteroatoms. The van der Waals surface area contributed by atoms with Crippen molar-refractivity contribution in [1.29, 1.82) is 5.26 Å². The lowest BCUT2D eigenvalue weighted by Gasteiger charge is -2.08. The summed E-state index contributed by atoms with van der Waals surface area (Å²) >= 11 is -1.15. The molecular formula is C9H10N2OS. The molecule has 0 fully saturated rings. The van der Waals surface area contributed by atoms with E-state index < -0.39 is 11.4 Å². The van der Waals surface area contributed by atoms with Gasteiger partial charge < -0.3 is 4.55 Å². The van der Waals surface area contributed by atoms with Crippen LogP contribution >= 0.6 is 0 Å².